The summed E-state index contributed by atoms with van der Waals surface area (Å²) < 4.78 is 0. The van der Waals surface area contributed by atoms with Gasteiger partial charge in [0.15, 0.2) is 5.65 Å². The Hall–Kier alpha value is -1.44. The Morgan fingerprint density at radius 2 is 2.00 bits per heavy atom. The summed E-state index contributed by atoms with van der Waals surface area (Å²) in [5, 5.41) is 1.19. The molecule has 0 fully saturated rings. The van der Waals surface area contributed by atoms with E-state index in [1.54, 1.807) is 6.20 Å². The predicted octanol–water partition coefficient (Wildman–Crippen LogP) is 2.58. The standard InChI is InChI=1S/C11H12N2/c1-2-4-9-6-8-13-11-10(9)5-3-7-12-11/h3,5-8H,2,4H2,1H3. The lowest BCUT2D eigenvalue weighted by molar-refractivity contribution is 0.927. The van der Waals surface area contributed by atoms with E-state index < -0.39 is 0 Å². The third-order valence-corrected chi connectivity index (χ3v) is 2.12. The molecule has 0 saturated heterocycles. The van der Waals surface area contributed by atoms with Crippen LogP contribution >= 0.6 is 0 Å². The first-order valence-corrected chi connectivity index (χ1v) is 4.60. The van der Waals surface area contributed by atoms with Crippen molar-refractivity contribution in [1.82, 2.24) is 9.97 Å². The molecule has 0 aliphatic rings. The number of nitrogens with zero attached hydrogens (tertiary/aromatic N) is 2. The maximum atomic E-state index is 4.21. The number of fused-ring (bicyclic) bond motifs is 1. The first-order chi connectivity index (χ1) is 6.42. The maximum absolute atomic E-state index is 4.21. The summed E-state index contributed by atoms with van der Waals surface area (Å²) in [5.41, 5.74) is 2.20. The van der Waals surface area contributed by atoms with Crippen LogP contribution < -0.4 is 0 Å². The zero-order valence-electron chi connectivity index (χ0n) is 7.70. The van der Waals surface area contributed by atoms with E-state index in [0.29, 0.717) is 0 Å². The van der Waals surface area contributed by atoms with Crippen LogP contribution in [0.2, 0.25) is 0 Å². The van der Waals surface area contributed by atoms with Crippen LogP contribution in [-0.4, -0.2) is 9.97 Å². The molecule has 2 aromatic heterocycles. The zero-order valence-corrected chi connectivity index (χ0v) is 7.70. The Bertz CT molecular complexity index is 404. The number of aryl methyl sites for hydroxylation is 1. The van der Waals surface area contributed by atoms with E-state index in [9.17, 15) is 0 Å². The lowest BCUT2D eigenvalue weighted by atomic mass is 10.1. The number of hydrogen-bond acceptors (Lipinski definition) is 2. The molecule has 0 atom stereocenters. The lowest BCUT2D eigenvalue weighted by Gasteiger charge is -2.02. The number of aromatic nitrogens is 2. The average molecular weight is 172 g/mol. The van der Waals surface area contributed by atoms with Crippen molar-refractivity contribution in [3.05, 3.63) is 36.2 Å². The van der Waals surface area contributed by atoms with E-state index in [-0.39, 0.29) is 0 Å². The van der Waals surface area contributed by atoms with E-state index in [4.69, 9.17) is 0 Å². The molecule has 0 saturated carbocycles. The van der Waals surface area contributed by atoms with E-state index in [1.165, 1.54) is 10.9 Å². The summed E-state index contributed by atoms with van der Waals surface area (Å²) in [6, 6.07) is 6.12. The van der Waals surface area contributed by atoms with E-state index in [2.05, 4.69) is 29.0 Å². The Morgan fingerprint density at radius 3 is 2.85 bits per heavy atom. The van der Waals surface area contributed by atoms with Gasteiger partial charge in [0.2, 0.25) is 0 Å². The summed E-state index contributed by atoms with van der Waals surface area (Å²) in [7, 11) is 0. The first-order valence-electron chi connectivity index (χ1n) is 4.60. The summed E-state index contributed by atoms with van der Waals surface area (Å²) in [4.78, 5) is 8.43. The first kappa shape index (κ1) is 8.17. The molecule has 66 valence electrons. The highest BCUT2D eigenvalue weighted by atomic mass is 14.8. The van der Waals surface area contributed by atoms with Gasteiger partial charge in [-0.2, -0.15) is 0 Å². The lowest BCUT2D eigenvalue weighted by Crippen LogP contribution is -1.89. The van der Waals surface area contributed by atoms with Crippen LogP contribution in [-0.2, 0) is 6.42 Å². The molecule has 0 radical (unpaired) electrons. The highest BCUT2D eigenvalue weighted by molar-refractivity contribution is 5.78. The highest BCUT2D eigenvalue weighted by Crippen LogP contribution is 2.15. The van der Waals surface area contributed by atoms with Crippen LogP contribution in [0.5, 0.6) is 0 Å². The molecule has 2 aromatic rings. The molecule has 2 heteroatoms. The second-order valence-electron chi connectivity index (χ2n) is 3.09. The number of pyridine rings is 2. The molecule has 0 aliphatic heterocycles. The largest absolute Gasteiger partial charge is 0.237 e. The minimum absolute atomic E-state index is 0.855. The number of hydrogen-bond donors (Lipinski definition) is 0. The molecule has 0 spiro atoms. The molecule has 13 heavy (non-hydrogen) atoms. The van der Waals surface area contributed by atoms with Gasteiger partial charge < -0.3 is 0 Å². The van der Waals surface area contributed by atoms with Crippen LogP contribution in [0.4, 0.5) is 0 Å². The van der Waals surface area contributed by atoms with Crippen LogP contribution in [0.25, 0.3) is 11.0 Å². The fourth-order valence-corrected chi connectivity index (χ4v) is 1.53. The third-order valence-electron chi connectivity index (χ3n) is 2.12. The maximum Gasteiger partial charge on any atom is 0.159 e. The van der Waals surface area contributed by atoms with Crippen molar-refractivity contribution in [3.63, 3.8) is 0 Å². The SMILES string of the molecule is CCCc1ccnc2ncccc12. The van der Waals surface area contributed by atoms with E-state index >= 15 is 0 Å². The fourth-order valence-electron chi connectivity index (χ4n) is 1.53. The quantitative estimate of drug-likeness (QED) is 0.695. The Labute approximate surface area is 77.6 Å². The molecule has 2 heterocycles. The van der Waals surface area contributed by atoms with Gasteiger partial charge in [0, 0.05) is 17.8 Å². The van der Waals surface area contributed by atoms with Crippen LogP contribution in [0, 0.1) is 0 Å². The second kappa shape index (κ2) is 3.52. The van der Waals surface area contributed by atoms with Crippen molar-refractivity contribution >= 4 is 11.0 Å². The highest BCUT2D eigenvalue weighted by Gasteiger charge is 1.99. The molecule has 0 amide bonds. The van der Waals surface area contributed by atoms with Crippen LogP contribution in [0.1, 0.15) is 18.9 Å². The smallest absolute Gasteiger partial charge is 0.159 e. The molecule has 2 rings (SSSR count). The van der Waals surface area contributed by atoms with Crippen LogP contribution in [0.15, 0.2) is 30.6 Å². The topological polar surface area (TPSA) is 25.8 Å². The van der Waals surface area contributed by atoms with Crippen LogP contribution in [0.3, 0.4) is 0 Å². The Morgan fingerprint density at radius 1 is 1.15 bits per heavy atom. The number of rotatable bonds is 2. The Kier molecular flexibility index (Phi) is 2.21. The normalized spacial score (nSPS) is 10.5. The predicted molar refractivity (Wildman–Crippen MR) is 53.5 cm³/mol. The van der Waals surface area contributed by atoms with Gasteiger partial charge >= 0.3 is 0 Å². The van der Waals surface area contributed by atoms with Crippen molar-refractivity contribution in [2.24, 2.45) is 0 Å². The minimum Gasteiger partial charge on any atom is -0.237 e. The fraction of sp³-hybridized carbons (Fsp3) is 0.273. The molecule has 0 unspecified atom stereocenters. The molecule has 2 nitrogen and oxygen atoms in total. The van der Waals surface area contributed by atoms with Gasteiger partial charge in [-0.15, -0.1) is 0 Å². The van der Waals surface area contributed by atoms with E-state index in [0.717, 1.165) is 18.5 Å². The molecule has 0 bridgehead atoms. The van der Waals surface area contributed by atoms with Gasteiger partial charge in [0.25, 0.3) is 0 Å². The van der Waals surface area contributed by atoms with Gasteiger partial charge in [0.1, 0.15) is 0 Å². The molecular weight excluding hydrogens is 160 g/mol. The van der Waals surface area contributed by atoms with Crippen molar-refractivity contribution in [3.8, 4) is 0 Å². The molecular formula is C11H12N2. The molecule has 0 aliphatic carbocycles. The van der Waals surface area contributed by atoms with Gasteiger partial charge in [-0.25, -0.2) is 9.97 Å². The van der Waals surface area contributed by atoms with Crippen molar-refractivity contribution in [1.29, 1.82) is 0 Å². The third kappa shape index (κ3) is 1.52. The average Bonchev–Trinajstić information content (AvgIpc) is 2.19. The molecule has 0 aromatic carbocycles. The zero-order chi connectivity index (χ0) is 9.10. The summed E-state index contributed by atoms with van der Waals surface area (Å²) in [5.74, 6) is 0. The van der Waals surface area contributed by atoms with Gasteiger partial charge in [0.05, 0.1) is 0 Å². The Balaban J connectivity index is 2.61. The van der Waals surface area contributed by atoms with Crippen molar-refractivity contribution in [2.75, 3.05) is 0 Å². The summed E-state index contributed by atoms with van der Waals surface area (Å²) >= 11 is 0. The van der Waals surface area contributed by atoms with Crippen molar-refractivity contribution in [2.45, 2.75) is 19.8 Å². The molecule has 0 N–H and O–H groups in total. The van der Waals surface area contributed by atoms with E-state index in [1.807, 2.05) is 12.3 Å². The van der Waals surface area contributed by atoms with Gasteiger partial charge in [-0.05, 0) is 30.2 Å². The van der Waals surface area contributed by atoms with Gasteiger partial charge in [-0.1, -0.05) is 13.3 Å². The minimum atomic E-state index is 0.855. The van der Waals surface area contributed by atoms with Gasteiger partial charge in [-0.3, -0.25) is 0 Å². The summed E-state index contributed by atoms with van der Waals surface area (Å²) in [6.07, 6.45) is 5.88. The monoisotopic (exact) mass is 172 g/mol. The second-order valence-corrected chi connectivity index (χ2v) is 3.09. The van der Waals surface area contributed by atoms with Crippen molar-refractivity contribution < 1.29 is 0 Å². The summed E-state index contributed by atoms with van der Waals surface area (Å²) in [6.45, 7) is 2.18.